The van der Waals surface area contributed by atoms with Crippen LogP contribution in [0.1, 0.15) is 0 Å². The van der Waals surface area contributed by atoms with Gasteiger partial charge in [-0.1, -0.05) is 97.1 Å². The average Bonchev–Trinajstić information content (AvgIpc) is 3.82. The Hall–Kier alpha value is -6.06. The summed E-state index contributed by atoms with van der Waals surface area (Å²) in [6.45, 7) is 0. The molecule has 0 aliphatic rings. The van der Waals surface area contributed by atoms with Crippen molar-refractivity contribution in [2.24, 2.45) is 0 Å². The van der Waals surface area contributed by atoms with Gasteiger partial charge in [-0.05, 0) is 54.6 Å². The summed E-state index contributed by atoms with van der Waals surface area (Å²) in [5.74, 6) is 0. The molecule has 45 heavy (non-hydrogen) atoms. The van der Waals surface area contributed by atoms with Crippen molar-refractivity contribution >= 4 is 81.7 Å². The van der Waals surface area contributed by atoms with Gasteiger partial charge in [0.05, 0.1) is 38.6 Å². The molecule has 208 valence electrons. The molecule has 0 unspecified atom stereocenters. The van der Waals surface area contributed by atoms with Crippen LogP contribution >= 0.6 is 0 Å². The third-order valence-electron chi connectivity index (χ3n) is 9.93. The molecule has 0 spiro atoms. The van der Waals surface area contributed by atoms with E-state index in [1.807, 2.05) is 0 Å². The van der Waals surface area contributed by atoms with Gasteiger partial charge in [-0.2, -0.15) is 0 Å². The molecule has 0 saturated carbocycles. The molecule has 0 amide bonds. The minimum absolute atomic E-state index is 1.17. The van der Waals surface area contributed by atoms with Crippen LogP contribution in [-0.2, 0) is 0 Å². The van der Waals surface area contributed by atoms with Crippen molar-refractivity contribution in [3.05, 3.63) is 152 Å². The van der Waals surface area contributed by atoms with Crippen LogP contribution in [0.15, 0.2) is 152 Å². The molecule has 4 heterocycles. The van der Waals surface area contributed by atoms with Crippen LogP contribution in [0.25, 0.3) is 93.1 Å². The molecule has 0 aliphatic heterocycles. The second-order valence-electron chi connectivity index (χ2n) is 12.2. The fourth-order valence-corrected chi connectivity index (χ4v) is 8.20. The lowest BCUT2D eigenvalue weighted by Gasteiger charge is -2.11. The minimum Gasteiger partial charge on any atom is -0.309 e. The quantitative estimate of drug-likeness (QED) is 0.196. The highest BCUT2D eigenvalue weighted by Crippen LogP contribution is 2.45. The summed E-state index contributed by atoms with van der Waals surface area (Å²) in [6.07, 6.45) is 0. The predicted molar refractivity (Wildman–Crippen MR) is 190 cm³/mol. The van der Waals surface area contributed by atoms with E-state index in [9.17, 15) is 0 Å². The summed E-state index contributed by atoms with van der Waals surface area (Å²) in [6, 6.07) is 55.6. The molecule has 0 aliphatic carbocycles. The van der Waals surface area contributed by atoms with Gasteiger partial charge in [0, 0.05) is 54.5 Å². The first-order chi connectivity index (χ1) is 22.4. The van der Waals surface area contributed by atoms with Crippen molar-refractivity contribution in [2.45, 2.75) is 0 Å². The Morgan fingerprint density at radius 2 is 0.800 bits per heavy atom. The zero-order valence-electron chi connectivity index (χ0n) is 24.3. The molecule has 0 N–H and O–H groups in total. The van der Waals surface area contributed by atoms with Crippen LogP contribution in [0.3, 0.4) is 0 Å². The van der Waals surface area contributed by atoms with Crippen LogP contribution in [0.4, 0.5) is 0 Å². The van der Waals surface area contributed by atoms with Gasteiger partial charge in [-0.25, -0.2) is 0 Å². The Morgan fingerprint density at radius 1 is 0.289 bits per heavy atom. The van der Waals surface area contributed by atoms with E-state index in [1.165, 1.54) is 93.1 Å². The van der Waals surface area contributed by atoms with E-state index in [2.05, 4.69) is 165 Å². The Labute approximate surface area is 257 Å². The summed E-state index contributed by atoms with van der Waals surface area (Å²) in [4.78, 5) is 0. The number of para-hydroxylation sites is 5. The molecule has 3 nitrogen and oxygen atoms in total. The monoisotopic (exact) mass is 571 g/mol. The molecule has 7 aromatic carbocycles. The number of aromatic nitrogens is 3. The van der Waals surface area contributed by atoms with E-state index < -0.39 is 0 Å². The molecule has 0 atom stereocenters. The van der Waals surface area contributed by atoms with Crippen LogP contribution in [0, 0.1) is 0 Å². The molecule has 11 rings (SSSR count). The SMILES string of the molecule is c1ccc(-n2c3ccccc3c3c2ccc2c4ccccc4n(-c4cc5c6ccccc6n6c7ccccc7c(c4)c56)c23)cc1. The van der Waals surface area contributed by atoms with Gasteiger partial charge in [0.25, 0.3) is 0 Å². The maximum atomic E-state index is 2.53. The predicted octanol–water partition coefficient (Wildman–Crippen LogP) is 11.0. The van der Waals surface area contributed by atoms with Crippen molar-refractivity contribution < 1.29 is 0 Å². The van der Waals surface area contributed by atoms with Gasteiger partial charge in [-0.3, -0.25) is 0 Å². The molecular formula is C42H25N3. The minimum atomic E-state index is 1.17. The van der Waals surface area contributed by atoms with Gasteiger partial charge >= 0.3 is 0 Å². The second kappa shape index (κ2) is 8.31. The first-order valence-electron chi connectivity index (χ1n) is 15.5. The largest absolute Gasteiger partial charge is 0.309 e. The first-order valence-corrected chi connectivity index (χ1v) is 15.5. The average molecular weight is 572 g/mol. The number of rotatable bonds is 2. The van der Waals surface area contributed by atoms with E-state index in [-0.39, 0.29) is 0 Å². The van der Waals surface area contributed by atoms with Crippen molar-refractivity contribution in [3.63, 3.8) is 0 Å². The zero-order chi connectivity index (χ0) is 29.2. The summed E-state index contributed by atoms with van der Waals surface area (Å²) in [5, 5.41) is 10.2. The Bertz CT molecular complexity index is 2890. The summed E-state index contributed by atoms with van der Waals surface area (Å²) in [5.41, 5.74) is 11.1. The maximum Gasteiger partial charge on any atom is 0.0641 e. The molecule has 3 heteroatoms. The molecule has 0 fully saturated rings. The molecule has 0 saturated heterocycles. The maximum absolute atomic E-state index is 2.53. The number of hydrogen-bond acceptors (Lipinski definition) is 0. The lowest BCUT2D eigenvalue weighted by molar-refractivity contribution is 1.18. The van der Waals surface area contributed by atoms with E-state index in [4.69, 9.17) is 0 Å². The summed E-state index contributed by atoms with van der Waals surface area (Å²) >= 11 is 0. The Balaban J connectivity index is 1.38. The Morgan fingerprint density at radius 3 is 1.44 bits per heavy atom. The van der Waals surface area contributed by atoms with E-state index in [0.29, 0.717) is 0 Å². The number of fused-ring (bicyclic) bond motifs is 13. The van der Waals surface area contributed by atoms with Crippen molar-refractivity contribution in [1.82, 2.24) is 13.5 Å². The van der Waals surface area contributed by atoms with Crippen LogP contribution < -0.4 is 0 Å². The summed E-state index contributed by atoms with van der Waals surface area (Å²) < 4.78 is 7.40. The van der Waals surface area contributed by atoms with Crippen LogP contribution in [-0.4, -0.2) is 13.5 Å². The zero-order valence-corrected chi connectivity index (χ0v) is 24.3. The first kappa shape index (κ1) is 23.4. The van der Waals surface area contributed by atoms with Gasteiger partial charge in [0.15, 0.2) is 0 Å². The third-order valence-corrected chi connectivity index (χ3v) is 9.93. The highest BCUT2D eigenvalue weighted by molar-refractivity contribution is 6.27. The fourth-order valence-electron chi connectivity index (χ4n) is 8.20. The smallest absolute Gasteiger partial charge is 0.0641 e. The van der Waals surface area contributed by atoms with Crippen molar-refractivity contribution in [2.75, 3.05) is 0 Å². The van der Waals surface area contributed by atoms with Gasteiger partial charge in [0.1, 0.15) is 0 Å². The molecule has 0 bridgehead atoms. The van der Waals surface area contributed by atoms with Crippen molar-refractivity contribution in [1.29, 1.82) is 0 Å². The summed E-state index contributed by atoms with van der Waals surface area (Å²) in [7, 11) is 0. The Kier molecular flexibility index (Phi) is 4.32. The third kappa shape index (κ3) is 2.86. The fraction of sp³-hybridized carbons (Fsp3) is 0. The van der Waals surface area contributed by atoms with Gasteiger partial charge in [0.2, 0.25) is 0 Å². The highest BCUT2D eigenvalue weighted by atomic mass is 15.0. The van der Waals surface area contributed by atoms with Crippen LogP contribution in [0.5, 0.6) is 0 Å². The lowest BCUT2D eigenvalue weighted by atomic mass is 10.1. The standard InChI is InChI=1S/C42H25N3/c1-2-12-26(13-3-1)43-38-21-11-7-17-32(38)40-39(43)23-22-31-28-14-4-8-18-35(28)44(42(31)40)27-24-33-29-15-5-9-19-36(29)45-37-20-10-6-16-30(37)34(25-27)41(33)45/h1-25H. The van der Waals surface area contributed by atoms with Crippen LogP contribution in [0.2, 0.25) is 0 Å². The molecular weight excluding hydrogens is 546 g/mol. The highest BCUT2D eigenvalue weighted by Gasteiger charge is 2.23. The topological polar surface area (TPSA) is 14.3 Å². The molecule has 11 aromatic rings. The van der Waals surface area contributed by atoms with Crippen molar-refractivity contribution in [3.8, 4) is 11.4 Å². The number of hydrogen-bond donors (Lipinski definition) is 0. The number of benzene rings is 7. The van der Waals surface area contributed by atoms with E-state index >= 15 is 0 Å². The van der Waals surface area contributed by atoms with E-state index in [0.717, 1.165) is 0 Å². The second-order valence-corrected chi connectivity index (χ2v) is 12.2. The molecule has 0 radical (unpaired) electrons. The number of nitrogens with zero attached hydrogens (tertiary/aromatic N) is 3. The molecule has 4 aromatic heterocycles. The van der Waals surface area contributed by atoms with Gasteiger partial charge in [-0.15, -0.1) is 0 Å². The van der Waals surface area contributed by atoms with Gasteiger partial charge < -0.3 is 13.5 Å². The lowest BCUT2D eigenvalue weighted by Crippen LogP contribution is -1.95. The normalized spacial score (nSPS) is 12.4. The van der Waals surface area contributed by atoms with E-state index in [1.54, 1.807) is 0 Å².